The maximum atomic E-state index is 13.4. The average Bonchev–Trinajstić information content (AvgIpc) is 2.32. The van der Waals surface area contributed by atoms with Crippen molar-refractivity contribution in [3.05, 3.63) is 11.3 Å². The predicted molar refractivity (Wildman–Crippen MR) is 45.8 cm³/mol. The summed E-state index contributed by atoms with van der Waals surface area (Å²) in [6.07, 6.45) is 0. The molecule has 1 aliphatic carbocycles. The molecule has 1 aliphatic rings. The van der Waals surface area contributed by atoms with Gasteiger partial charge in [-0.05, 0) is 0 Å². The zero-order valence-electron chi connectivity index (χ0n) is 9.75. The van der Waals surface area contributed by atoms with Crippen molar-refractivity contribution in [1.29, 1.82) is 0 Å². The number of ether oxygens (including phenoxy) is 2. The minimum absolute atomic E-state index is 0.252. The smallest absolute Gasteiger partial charge is 0.386 e. The monoisotopic (exact) mass is 314 g/mol. The summed E-state index contributed by atoms with van der Waals surface area (Å²) in [5, 5.41) is 0. The van der Waals surface area contributed by atoms with Crippen molar-refractivity contribution in [2.45, 2.75) is 23.7 Å². The van der Waals surface area contributed by atoms with Gasteiger partial charge in [0.25, 0.3) is 0 Å². The fourth-order valence-electron chi connectivity index (χ4n) is 1.55. The van der Waals surface area contributed by atoms with Gasteiger partial charge in [0.05, 0.1) is 14.2 Å². The molecule has 0 aromatic rings. The van der Waals surface area contributed by atoms with Crippen molar-refractivity contribution >= 4 is 5.97 Å². The number of hydrogen-bond donors (Lipinski definition) is 0. The van der Waals surface area contributed by atoms with Gasteiger partial charge in [-0.15, -0.1) is 0 Å². The van der Waals surface area contributed by atoms with Crippen LogP contribution in [0.3, 0.4) is 0 Å². The summed E-state index contributed by atoms with van der Waals surface area (Å²) in [6, 6.07) is 0. The Morgan fingerprint density at radius 2 is 1.25 bits per heavy atom. The second kappa shape index (κ2) is 4.22. The zero-order valence-corrected chi connectivity index (χ0v) is 9.75. The fourth-order valence-corrected chi connectivity index (χ4v) is 1.55. The molecule has 0 aromatic carbocycles. The maximum absolute atomic E-state index is 13.4. The molecule has 11 heteroatoms. The van der Waals surface area contributed by atoms with E-state index in [4.69, 9.17) is 0 Å². The Morgan fingerprint density at radius 3 is 1.60 bits per heavy atom. The van der Waals surface area contributed by atoms with Gasteiger partial charge in [0.1, 0.15) is 0 Å². The lowest BCUT2D eigenvalue weighted by molar-refractivity contribution is -0.365. The first-order chi connectivity index (χ1) is 8.80. The van der Waals surface area contributed by atoms with Crippen molar-refractivity contribution in [1.82, 2.24) is 0 Å². The first-order valence-corrected chi connectivity index (χ1v) is 4.69. The van der Waals surface area contributed by atoms with Crippen molar-refractivity contribution in [3.63, 3.8) is 0 Å². The molecule has 0 unspecified atom stereocenters. The number of esters is 1. The number of carbonyl (C=O) groups is 1. The van der Waals surface area contributed by atoms with Gasteiger partial charge in [0.2, 0.25) is 0 Å². The van der Waals surface area contributed by atoms with E-state index in [-0.39, 0.29) is 7.11 Å². The number of alkyl halides is 8. The Morgan fingerprint density at radius 1 is 0.850 bits per heavy atom. The van der Waals surface area contributed by atoms with Crippen LogP contribution in [-0.2, 0) is 14.3 Å². The van der Waals surface area contributed by atoms with Gasteiger partial charge in [-0.25, -0.2) is 4.79 Å². The van der Waals surface area contributed by atoms with Crippen LogP contribution in [-0.4, -0.2) is 43.9 Å². The summed E-state index contributed by atoms with van der Waals surface area (Å²) in [6.45, 7) is 0. The largest absolute Gasteiger partial charge is 0.494 e. The quantitative estimate of drug-likeness (QED) is 0.581. The molecule has 1 rings (SSSR count). The van der Waals surface area contributed by atoms with E-state index in [9.17, 15) is 39.9 Å². The predicted octanol–water partition coefficient (Wildman–Crippen LogP) is 2.61. The fraction of sp³-hybridized carbons (Fsp3) is 0.667. The van der Waals surface area contributed by atoms with Gasteiger partial charge < -0.3 is 9.47 Å². The van der Waals surface area contributed by atoms with Crippen LogP contribution >= 0.6 is 0 Å². The molecule has 0 saturated carbocycles. The van der Waals surface area contributed by atoms with Crippen LogP contribution in [0.25, 0.3) is 0 Å². The van der Waals surface area contributed by atoms with Gasteiger partial charge in [-0.1, -0.05) is 0 Å². The molecule has 0 bridgehead atoms. The molecule has 0 atom stereocenters. The second-order valence-corrected chi connectivity index (χ2v) is 3.70. The Kier molecular flexibility index (Phi) is 3.48. The SMILES string of the molecule is COC(=O)C1=C(OC)C(F)(F)C(F)(F)C(F)(F)C1(F)F. The lowest BCUT2D eigenvalue weighted by Gasteiger charge is -2.42. The molecule has 0 spiro atoms. The summed E-state index contributed by atoms with van der Waals surface area (Å²) >= 11 is 0. The van der Waals surface area contributed by atoms with E-state index in [0.29, 0.717) is 7.11 Å². The van der Waals surface area contributed by atoms with Crippen molar-refractivity contribution < 1.29 is 49.4 Å². The third-order valence-corrected chi connectivity index (χ3v) is 2.60. The van der Waals surface area contributed by atoms with Crippen molar-refractivity contribution in [2.75, 3.05) is 14.2 Å². The van der Waals surface area contributed by atoms with E-state index in [0.717, 1.165) is 0 Å². The lowest BCUT2D eigenvalue weighted by Crippen LogP contribution is -2.68. The van der Waals surface area contributed by atoms with Crippen molar-refractivity contribution in [2.24, 2.45) is 0 Å². The van der Waals surface area contributed by atoms with Crippen LogP contribution in [0.2, 0.25) is 0 Å². The number of hydrogen-bond acceptors (Lipinski definition) is 3. The number of halogens is 8. The molecule has 20 heavy (non-hydrogen) atoms. The summed E-state index contributed by atoms with van der Waals surface area (Å²) in [5.74, 6) is -29.6. The first-order valence-electron chi connectivity index (χ1n) is 4.69. The van der Waals surface area contributed by atoms with Crippen LogP contribution in [0.1, 0.15) is 0 Å². The third kappa shape index (κ3) is 1.61. The molecule has 0 saturated heterocycles. The maximum Gasteiger partial charge on any atom is 0.386 e. The van der Waals surface area contributed by atoms with E-state index < -0.39 is 41.0 Å². The highest BCUT2D eigenvalue weighted by atomic mass is 19.4. The van der Waals surface area contributed by atoms with E-state index in [1.54, 1.807) is 0 Å². The standard InChI is InChI=1S/C9H6F8O3/c1-19-4-3(5(18)20-2)6(10,11)8(14,15)9(16,17)7(4,12)13/h1-2H3. The summed E-state index contributed by atoms with van der Waals surface area (Å²) in [7, 11) is 0.670. The molecule has 0 fully saturated rings. The Bertz CT molecular complexity index is 468. The van der Waals surface area contributed by atoms with Gasteiger partial charge in [0.15, 0.2) is 11.3 Å². The van der Waals surface area contributed by atoms with E-state index in [2.05, 4.69) is 9.47 Å². The normalized spacial score (nSPS) is 26.1. The second-order valence-electron chi connectivity index (χ2n) is 3.70. The summed E-state index contributed by atoms with van der Waals surface area (Å²) < 4.78 is 113. The average molecular weight is 314 g/mol. The highest BCUT2D eigenvalue weighted by molar-refractivity contribution is 5.92. The Labute approximate surface area is 106 Å². The summed E-state index contributed by atoms with van der Waals surface area (Å²) in [5.41, 5.74) is -2.65. The van der Waals surface area contributed by atoms with Gasteiger partial charge in [-0.3, -0.25) is 0 Å². The molecular weight excluding hydrogens is 308 g/mol. The number of allylic oxidation sites excluding steroid dienone is 1. The lowest BCUT2D eigenvalue weighted by atomic mass is 9.84. The van der Waals surface area contributed by atoms with Crippen LogP contribution in [0.5, 0.6) is 0 Å². The van der Waals surface area contributed by atoms with Gasteiger partial charge >= 0.3 is 29.7 Å². The molecule has 0 aliphatic heterocycles. The Balaban J connectivity index is 3.83. The minimum Gasteiger partial charge on any atom is -0.494 e. The highest BCUT2D eigenvalue weighted by Gasteiger charge is 2.87. The van der Waals surface area contributed by atoms with Crippen LogP contribution in [0, 0.1) is 0 Å². The van der Waals surface area contributed by atoms with Crippen molar-refractivity contribution in [3.8, 4) is 0 Å². The molecule has 0 radical (unpaired) electrons. The number of rotatable bonds is 2. The summed E-state index contributed by atoms with van der Waals surface area (Å²) in [4.78, 5) is 11.0. The van der Waals surface area contributed by atoms with Gasteiger partial charge in [0, 0.05) is 0 Å². The Hall–Kier alpha value is -1.55. The molecule has 3 nitrogen and oxygen atoms in total. The zero-order chi connectivity index (χ0) is 16.1. The van der Waals surface area contributed by atoms with Crippen LogP contribution in [0.4, 0.5) is 35.1 Å². The van der Waals surface area contributed by atoms with Crippen LogP contribution < -0.4 is 0 Å². The third-order valence-electron chi connectivity index (χ3n) is 2.60. The topological polar surface area (TPSA) is 35.5 Å². The molecule has 0 N–H and O–H groups in total. The molecule has 0 heterocycles. The van der Waals surface area contributed by atoms with Crippen LogP contribution in [0.15, 0.2) is 11.3 Å². The van der Waals surface area contributed by atoms with E-state index >= 15 is 0 Å². The van der Waals surface area contributed by atoms with Gasteiger partial charge in [-0.2, -0.15) is 35.1 Å². The minimum atomic E-state index is -6.52. The van der Waals surface area contributed by atoms with E-state index in [1.165, 1.54) is 0 Å². The van der Waals surface area contributed by atoms with E-state index in [1.807, 2.05) is 0 Å². The number of carbonyl (C=O) groups excluding carboxylic acids is 1. The molecule has 0 amide bonds. The molecular formula is C9H6F8O3. The highest BCUT2D eigenvalue weighted by Crippen LogP contribution is 2.61. The molecule has 0 aromatic heterocycles. The molecule has 116 valence electrons. The number of methoxy groups -OCH3 is 2. The first kappa shape index (κ1) is 16.5.